The molecule has 0 N–H and O–H groups in total. The number of rotatable bonds is 6. The summed E-state index contributed by atoms with van der Waals surface area (Å²) >= 11 is 0. The van der Waals surface area contributed by atoms with Gasteiger partial charge < -0.3 is 4.74 Å². The molecule has 3 aromatic carbocycles. The first kappa shape index (κ1) is 28.8. The number of benzene rings is 3. The van der Waals surface area contributed by atoms with E-state index in [2.05, 4.69) is 0 Å². The van der Waals surface area contributed by atoms with Gasteiger partial charge in [-0.25, -0.2) is 17.5 Å². The van der Waals surface area contributed by atoms with Crippen molar-refractivity contribution in [3.05, 3.63) is 113 Å². The number of carbonyl (C=O) groups is 2. The molecule has 9 nitrogen and oxygen atoms in total. The van der Waals surface area contributed by atoms with Crippen LogP contribution in [0.1, 0.15) is 17.5 Å². The second-order valence-corrected chi connectivity index (χ2v) is 12.6. The highest BCUT2D eigenvalue weighted by atomic mass is 32.2. The number of hydrogen-bond acceptors (Lipinski definition) is 7. The molecule has 4 aromatic rings. The van der Waals surface area contributed by atoms with Crippen molar-refractivity contribution in [1.82, 2.24) is 14.7 Å². The van der Waals surface area contributed by atoms with Crippen LogP contribution in [0.2, 0.25) is 0 Å². The number of para-hydroxylation sites is 1. The Labute approximate surface area is 253 Å². The van der Waals surface area contributed by atoms with Crippen LogP contribution < -0.4 is 4.74 Å². The summed E-state index contributed by atoms with van der Waals surface area (Å²) in [5.41, 5.74) is 2.15. The lowest BCUT2D eigenvalue weighted by molar-refractivity contribution is -0.142. The van der Waals surface area contributed by atoms with E-state index in [1.807, 2.05) is 36.4 Å². The summed E-state index contributed by atoms with van der Waals surface area (Å²) < 4.78 is 46.2. The summed E-state index contributed by atoms with van der Waals surface area (Å²) in [6.07, 6.45) is 3.27. The molecule has 2 aliphatic rings. The van der Waals surface area contributed by atoms with E-state index in [0.717, 1.165) is 4.90 Å². The monoisotopic (exact) mass is 608 g/mol. The van der Waals surface area contributed by atoms with Crippen molar-refractivity contribution >= 4 is 33.3 Å². The first-order chi connectivity index (χ1) is 21.2. The molecule has 0 aliphatic carbocycles. The maximum Gasteiger partial charge on any atom is 0.272 e. The third-order valence-corrected chi connectivity index (χ3v) is 9.39. The zero-order chi connectivity index (χ0) is 31.0. The molecule has 0 spiro atoms. The number of carbonyl (C=O) groups excluding carboxylic acids is 2. The molecule has 1 unspecified atom stereocenters. The van der Waals surface area contributed by atoms with Crippen LogP contribution in [0.5, 0.6) is 5.75 Å². The van der Waals surface area contributed by atoms with Crippen LogP contribution in [-0.2, 0) is 19.4 Å². The molecule has 3 heterocycles. The van der Waals surface area contributed by atoms with E-state index in [-0.39, 0.29) is 40.4 Å². The van der Waals surface area contributed by atoms with Crippen LogP contribution >= 0.6 is 0 Å². The second-order valence-electron chi connectivity index (χ2n) is 10.4. The Morgan fingerprint density at radius 3 is 2.32 bits per heavy atom. The lowest BCUT2D eigenvalue weighted by Gasteiger charge is -2.32. The first-order valence-electron chi connectivity index (χ1n) is 13.7. The zero-order valence-corrected chi connectivity index (χ0v) is 24.3. The summed E-state index contributed by atoms with van der Waals surface area (Å²) in [6.45, 7) is 0. The van der Waals surface area contributed by atoms with E-state index in [9.17, 15) is 27.7 Å². The molecule has 11 heteroatoms. The van der Waals surface area contributed by atoms with Gasteiger partial charge in [0.25, 0.3) is 11.8 Å². The predicted octanol–water partition coefficient (Wildman–Crippen LogP) is 4.60. The molecular formula is C33H25FN4O5S. The number of aromatic nitrogens is 2. The van der Waals surface area contributed by atoms with Crippen molar-refractivity contribution < 1.29 is 27.1 Å². The largest absolute Gasteiger partial charge is 0.494 e. The van der Waals surface area contributed by atoms with Gasteiger partial charge in [0.15, 0.2) is 21.4 Å². The molecule has 44 heavy (non-hydrogen) atoms. The van der Waals surface area contributed by atoms with Gasteiger partial charge in [0, 0.05) is 22.9 Å². The lowest BCUT2D eigenvalue weighted by atomic mass is 9.86. The minimum atomic E-state index is -3.46. The third kappa shape index (κ3) is 5.20. The van der Waals surface area contributed by atoms with Crippen molar-refractivity contribution in [3.63, 3.8) is 0 Å². The average molecular weight is 609 g/mol. The summed E-state index contributed by atoms with van der Waals surface area (Å²) in [5.74, 6) is -2.67. The Bertz CT molecular complexity index is 2010. The SMILES string of the molecule is COc1ccc(-c2nn(-c3ccccc3)cc2/C=C2\C(=O)N(C3CCS(=O)(=O)C3)C(=O)C(C#N)=C2c2ccccc2)cc1F. The van der Waals surface area contributed by atoms with E-state index in [4.69, 9.17) is 9.84 Å². The molecule has 0 saturated carbocycles. The fraction of sp³-hybridized carbons (Fsp3) is 0.152. The number of ether oxygens (including phenoxy) is 1. The van der Waals surface area contributed by atoms with Gasteiger partial charge in [-0.3, -0.25) is 14.5 Å². The van der Waals surface area contributed by atoms with E-state index in [0.29, 0.717) is 28.1 Å². The third-order valence-electron chi connectivity index (χ3n) is 7.64. The summed E-state index contributed by atoms with van der Waals surface area (Å²) in [5, 5.41) is 14.9. The Morgan fingerprint density at radius 1 is 1.00 bits per heavy atom. The highest BCUT2D eigenvalue weighted by Gasteiger charge is 2.45. The number of amides is 2. The number of imide groups is 1. The highest BCUT2D eigenvalue weighted by Crippen LogP contribution is 2.38. The van der Waals surface area contributed by atoms with Gasteiger partial charge in [0.05, 0.1) is 35.9 Å². The van der Waals surface area contributed by atoms with Crippen LogP contribution in [-0.4, -0.2) is 59.6 Å². The quantitative estimate of drug-likeness (QED) is 0.232. The minimum absolute atomic E-state index is 0.0134. The number of methoxy groups -OCH3 is 1. The number of nitrogens with zero attached hydrogens (tertiary/aromatic N) is 4. The summed E-state index contributed by atoms with van der Waals surface area (Å²) in [4.78, 5) is 28.8. The van der Waals surface area contributed by atoms with Gasteiger partial charge in [-0.2, -0.15) is 10.4 Å². The molecule has 2 amide bonds. The highest BCUT2D eigenvalue weighted by molar-refractivity contribution is 7.91. The molecule has 220 valence electrons. The van der Waals surface area contributed by atoms with Crippen LogP contribution in [0, 0.1) is 17.1 Å². The number of nitriles is 1. The first-order valence-corrected chi connectivity index (χ1v) is 15.5. The smallest absolute Gasteiger partial charge is 0.272 e. The van der Waals surface area contributed by atoms with Crippen molar-refractivity contribution in [3.8, 4) is 28.8 Å². The van der Waals surface area contributed by atoms with Crippen LogP contribution in [0.4, 0.5) is 4.39 Å². The van der Waals surface area contributed by atoms with E-state index in [1.54, 1.807) is 47.3 Å². The maximum atomic E-state index is 14.9. The van der Waals surface area contributed by atoms with E-state index in [1.165, 1.54) is 25.3 Å². The van der Waals surface area contributed by atoms with Gasteiger partial charge in [0.1, 0.15) is 17.3 Å². The molecule has 6 rings (SSSR count). The Morgan fingerprint density at radius 2 is 1.70 bits per heavy atom. The lowest BCUT2D eigenvalue weighted by Crippen LogP contribution is -2.49. The summed E-state index contributed by atoms with van der Waals surface area (Å²) in [6, 6.07) is 23.2. The Balaban J connectivity index is 1.60. The van der Waals surface area contributed by atoms with Crippen LogP contribution in [0.3, 0.4) is 0 Å². The standard InChI is InChI=1S/C33H25FN4O5S/c1-43-29-13-12-22(17-28(29)34)31-23(19-37(36-31)24-10-6-3-7-11-24)16-26-30(21-8-4-2-5-9-21)27(18-35)33(40)38(32(26)39)25-14-15-44(41,42)20-25/h2-13,16-17,19,25H,14-15,20H2,1H3/b26-16-. The van der Waals surface area contributed by atoms with Gasteiger partial charge in [-0.05, 0) is 48.4 Å². The molecule has 0 bridgehead atoms. The number of halogens is 1. The Kier molecular flexibility index (Phi) is 7.45. The van der Waals surface area contributed by atoms with E-state index < -0.39 is 33.5 Å². The topological polar surface area (TPSA) is 122 Å². The van der Waals surface area contributed by atoms with Gasteiger partial charge in [0.2, 0.25) is 0 Å². The second kappa shape index (κ2) is 11.4. The molecule has 1 atom stereocenters. The molecule has 1 fully saturated rings. The zero-order valence-electron chi connectivity index (χ0n) is 23.5. The van der Waals surface area contributed by atoms with Crippen molar-refractivity contribution in [2.45, 2.75) is 12.5 Å². The average Bonchev–Trinajstić information content (AvgIpc) is 3.61. The molecular weight excluding hydrogens is 583 g/mol. The fourth-order valence-corrected chi connectivity index (χ4v) is 7.24. The Hall–Kier alpha value is -5.34. The van der Waals surface area contributed by atoms with E-state index >= 15 is 0 Å². The number of sulfone groups is 1. The summed E-state index contributed by atoms with van der Waals surface area (Å²) in [7, 11) is -2.10. The van der Waals surface area contributed by atoms with Gasteiger partial charge in [-0.1, -0.05) is 48.5 Å². The fourth-order valence-electron chi connectivity index (χ4n) is 5.54. The number of hydrogen-bond donors (Lipinski definition) is 0. The normalized spacial score (nSPS) is 19.0. The molecule has 1 aromatic heterocycles. The van der Waals surface area contributed by atoms with Gasteiger partial charge in [-0.15, -0.1) is 0 Å². The van der Waals surface area contributed by atoms with Crippen molar-refractivity contribution in [2.75, 3.05) is 18.6 Å². The van der Waals surface area contributed by atoms with Gasteiger partial charge >= 0.3 is 0 Å². The van der Waals surface area contributed by atoms with Crippen LogP contribution in [0.25, 0.3) is 28.6 Å². The van der Waals surface area contributed by atoms with Crippen molar-refractivity contribution in [2.24, 2.45) is 0 Å². The molecule has 0 radical (unpaired) electrons. The maximum absolute atomic E-state index is 14.9. The predicted molar refractivity (Wildman–Crippen MR) is 161 cm³/mol. The van der Waals surface area contributed by atoms with Crippen molar-refractivity contribution in [1.29, 1.82) is 5.26 Å². The minimum Gasteiger partial charge on any atom is -0.494 e. The molecule has 2 aliphatic heterocycles. The molecule has 1 saturated heterocycles. The van der Waals surface area contributed by atoms with Crippen LogP contribution in [0.15, 0.2) is 96.2 Å².